The molecule has 1 rings (SSSR count). The zero-order chi connectivity index (χ0) is 14.3. The second-order valence-corrected chi connectivity index (χ2v) is 4.48. The van der Waals surface area contributed by atoms with Crippen molar-refractivity contribution in [2.24, 2.45) is 0 Å². The SMILES string of the molecule is CCOC(=O)c1cc(N)ccc1OCCCN(C)C. The number of esters is 1. The summed E-state index contributed by atoms with van der Waals surface area (Å²) in [5, 5.41) is 0. The quantitative estimate of drug-likeness (QED) is 0.463. The lowest BCUT2D eigenvalue weighted by molar-refractivity contribution is 0.0521. The molecule has 0 unspecified atom stereocenters. The maximum absolute atomic E-state index is 11.8. The fraction of sp³-hybridized carbons (Fsp3) is 0.500. The maximum atomic E-state index is 11.8. The van der Waals surface area contributed by atoms with E-state index in [1.165, 1.54) is 0 Å². The van der Waals surface area contributed by atoms with Gasteiger partial charge in [-0.25, -0.2) is 4.79 Å². The molecule has 0 spiro atoms. The fourth-order valence-corrected chi connectivity index (χ4v) is 1.60. The summed E-state index contributed by atoms with van der Waals surface area (Å²) in [5.41, 5.74) is 6.58. The van der Waals surface area contributed by atoms with Gasteiger partial charge in [-0.15, -0.1) is 0 Å². The minimum absolute atomic E-state index is 0.327. The van der Waals surface area contributed by atoms with Crippen molar-refractivity contribution >= 4 is 11.7 Å². The Morgan fingerprint density at radius 1 is 1.37 bits per heavy atom. The number of nitrogens with two attached hydrogens (primary N) is 1. The average Bonchev–Trinajstić information content (AvgIpc) is 2.36. The van der Waals surface area contributed by atoms with Crippen LogP contribution < -0.4 is 10.5 Å². The standard InChI is InChI=1S/C14H22N2O3/c1-4-18-14(17)12-10-11(15)6-7-13(12)19-9-5-8-16(2)3/h6-7,10H,4-5,8-9,15H2,1-3H3. The minimum atomic E-state index is -0.405. The summed E-state index contributed by atoms with van der Waals surface area (Å²) in [6, 6.07) is 5.00. The third kappa shape index (κ3) is 5.18. The van der Waals surface area contributed by atoms with Crippen molar-refractivity contribution in [3.63, 3.8) is 0 Å². The molecule has 0 bridgehead atoms. The Hall–Kier alpha value is -1.75. The van der Waals surface area contributed by atoms with E-state index < -0.39 is 5.97 Å². The predicted octanol–water partition coefficient (Wildman–Crippen LogP) is 1.78. The van der Waals surface area contributed by atoms with Gasteiger partial charge in [0.05, 0.1) is 13.2 Å². The molecule has 19 heavy (non-hydrogen) atoms. The van der Waals surface area contributed by atoms with Gasteiger partial charge in [-0.3, -0.25) is 0 Å². The van der Waals surface area contributed by atoms with Crippen molar-refractivity contribution in [1.29, 1.82) is 0 Å². The van der Waals surface area contributed by atoms with Gasteiger partial charge in [0.15, 0.2) is 0 Å². The molecule has 0 amide bonds. The summed E-state index contributed by atoms with van der Waals surface area (Å²) in [5.74, 6) is 0.115. The van der Waals surface area contributed by atoms with Gasteiger partial charge in [0.1, 0.15) is 11.3 Å². The van der Waals surface area contributed by atoms with Crippen molar-refractivity contribution in [3.05, 3.63) is 23.8 Å². The van der Waals surface area contributed by atoms with Gasteiger partial charge in [-0.2, -0.15) is 0 Å². The first-order valence-electron chi connectivity index (χ1n) is 6.38. The van der Waals surface area contributed by atoms with Crippen LogP contribution in [0, 0.1) is 0 Å². The summed E-state index contributed by atoms with van der Waals surface area (Å²) < 4.78 is 10.6. The minimum Gasteiger partial charge on any atom is -0.493 e. The number of carbonyl (C=O) groups is 1. The first-order chi connectivity index (χ1) is 9.04. The number of nitrogens with zero attached hydrogens (tertiary/aromatic N) is 1. The van der Waals surface area contributed by atoms with E-state index in [-0.39, 0.29) is 0 Å². The van der Waals surface area contributed by atoms with Crippen molar-refractivity contribution < 1.29 is 14.3 Å². The lowest BCUT2D eigenvalue weighted by Crippen LogP contribution is -2.16. The van der Waals surface area contributed by atoms with Crippen molar-refractivity contribution in [2.75, 3.05) is 39.6 Å². The van der Waals surface area contributed by atoms with Gasteiger partial charge in [0.2, 0.25) is 0 Å². The van der Waals surface area contributed by atoms with Crippen LogP contribution in [-0.4, -0.2) is 44.7 Å². The number of benzene rings is 1. The molecule has 1 aromatic rings. The molecule has 0 radical (unpaired) electrons. The van der Waals surface area contributed by atoms with E-state index in [2.05, 4.69) is 4.90 Å². The third-order valence-corrected chi connectivity index (χ3v) is 2.51. The van der Waals surface area contributed by atoms with Crippen LogP contribution >= 0.6 is 0 Å². The number of hydrogen-bond acceptors (Lipinski definition) is 5. The van der Waals surface area contributed by atoms with Crippen LogP contribution in [0.1, 0.15) is 23.7 Å². The molecule has 0 atom stereocenters. The highest BCUT2D eigenvalue weighted by molar-refractivity contribution is 5.93. The molecule has 2 N–H and O–H groups in total. The molecule has 0 aliphatic heterocycles. The highest BCUT2D eigenvalue weighted by Crippen LogP contribution is 2.22. The number of ether oxygens (including phenoxy) is 2. The van der Waals surface area contributed by atoms with E-state index in [1.54, 1.807) is 25.1 Å². The van der Waals surface area contributed by atoms with Crippen LogP contribution in [0.15, 0.2) is 18.2 Å². The van der Waals surface area contributed by atoms with Gasteiger partial charge >= 0.3 is 5.97 Å². The Morgan fingerprint density at radius 3 is 2.74 bits per heavy atom. The van der Waals surface area contributed by atoms with Crippen LogP contribution in [0.25, 0.3) is 0 Å². The fourth-order valence-electron chi connectivity index (χ4n) is 1.60. The normalized spacial score (nSPS) is 10.5. The zero-order valence-electron chi connectivity index (χ0n) is 11.8. The van der Waals surface area contributed by atoms with Gasteiger partial charge in [-0.1, -0.05) is 0 Å². The van der Waals surface area contributed by atoms with Crippen LogP contribution in [-0.2, 0) is 4.74 Å². The third-order valence-electron chi connectivity index (χ3n) is 2.51. The Balaban J connectivity index is 2.68. The molecule has 0 aliphatic rings. The zero-order valence-corrected chi connectivity index (χ0v) is 11.8. The molecular weight excluding hydrogens is 244 g/mol. The Morgan fingerprint density at radius 2 is 2.11 bits per heavy atom. The molecule has 0 saturated heterocycles. The Labute approximate surface area is 114 Å². The number of nitrogen functional groups attached to an aromatic ring is 1. The van der Waals surface area contributed by atoms with Crippen LogP contribution in [0.3, 0.4) is 0 Å². The van der Waals surface area contributed by atoms with Crippen LogP contribution in [0.2, 0.25) is 0 Å². The molecule has 106 valence electrons. The van der Waals surface area contributed by atoms with E-state index in [9.17, 15) is 4.79 Å². The molecular formula is C14H22N2O3. The van der Waals surface area contributed by atoms with E-state index in [0.29, 0.717) is 30.2 Å². The van der Waals surface area contributed by atoms with E-state index >= 15 is 0 Å². The van der Waals surface area contributed by atoms with Gasteiger partial charge in [0, 0.05) is 12.2 Å². The Kier molecular flexibility index (Phi) is 6.15. The lowest BCUT2D eigenvalue weighted by atomic mass is 10.2. The first-order valence-corrected chi connectivity index (χ1v) is 6.38. The summed E-state index contributed by atoms with van der Waals surface area (Å²) in [6.45, 7) is 3.58. The smallest absolute Gasteiger partial charge is 0.341 e. The number of rotatable bonds is 7. The molecule has 1 aromatic carbocycles. The molecule has 0 heterocycles. The lowest BCUT2D eigenvalue weighted by Gasteiger charge is -2.13. The molecule has 0 fully saturated rings. The van der Waals surface area contributed by atoms with Crippen molar-refractivity contribution in [1.82, 2.24) is 4.90 Å². The maximum Gasteiger partial charge on any atom is 0.341 e. The monoisotopic (exact) mass is 266 g/mol. The largest absolute Gasteiger partial charge is 0.493 e. The first kappa shape index (κ1) is 15.3. The van der Waals surface area contributed by atoms with E-state index in [0.717, 1.165) is 13.0 Å². The highest BCUT2D eigenvalue weighted by Gasteiger charge is 2.14. The highest BCUT2D eigenvalue weighted by atomic mass is 16.5. The number of anilines is 1. The average molecular weight is 266 g/mol. The van der Waals surface area contributed by atoms with Gasteiger partial charge < -0.3 is 20.1 Å². The summed E-state index contributed by atoms with van der Waals surface area (Å²) in [6.07, 6.45) is 0.889. The van der Waals surface area contributed by atoms with Crippen molar-refractivity contribution in [3.8, 4) is 5.75 Å². The van der Waals surface area contributed by atoms with Gasteiger partial charge in [0.25, 0.3) is 0 Å². The predicted molar refractivity (Wildman–Crippen MR) is 75.5 cm³/mol. The molecule has 0 saturated carbocycles. The summed E-state index contributed by atoms with van der Waals surface area (Å²) in [7, 11) is 4.01. The van der Waals surface area contributed by atoms with Crippen molar-refractivity contribution in [2.45, 2.75) is 13.3 Å². The molecule has 0 aliphatic carbocycles. The number of carbonyl (C=O) groups excluding carboxylic acids is 1. The second-order valence-electron chi connectivity index (χ2n) is 4.48. The Bertz CT molecular complexity index is 419. The van der Waals surface area contributed by atoms with E-state index in [4.69, 9.17) is 15.2 Å². The second kappa shape index (κ2) is 7.63. The van der Waals surface area contributed by atoms with Gasteiger partial charge in [-0.05, 0) is 45.6 Å². The van der Waals surface area contributed by atoms with Crippen LogP contribution in [0.4, 0.5) is 5.69 Å². The molecule has 5 heteroatoms. The number of hydrogen-bond donors (Lipinski definition) is 1. The van der Waals surface area contributed by atoms with E-state index in [1.807, 2.05) is 14.1 Å². The molecule has 5 nitrogen and oxygen atoms in total. The topological polar surface area (TPSA) is 64.8 Å². The summed E-state index contributed by atoms with van der Waals surface area (Å²) in [4.78, 5) is 13.9. The van der Waals surface area contributed by atoms with Crippen LogP contribution in [0.5, 0.6) is 5.75 Å². The molecule has 0 aromatic heterocycles. The summed E-state index contributed by atoms with van der Waals surface area (Å²) >= 11 is 0.